The van der Waals surface area contributed by atoms with E-state index in [2.05, 4.69) is 15.9 Å². The van der Waals surface area contributed by atoms with E-state index < -0.39 is 12.2 Å². The van der Waals surface area contributed by atoms with Crippen LogP contribution in [0, 0.1) is 0 Å². The van der Waals surface area contributed by atoms with Crippen molar-refractivity contribution in [2.75, 3.05) is 6.54 Å². The van der Waals surface area contributed by atoms with Crippen LogP contribution in [-0.2, 0) is 0 Å². The summed E-state index contributed by atoms with van der Waals surface area (Å²) in [6.45, 7) is 2.27. The maximum Gasteiger partial charge on any atom is 0.407 e. The highest BCUT2D eigenvalue weighted by molar-refractivity contribution is 9.10. The van der Waals surface area contributed by atoms with Crippen LogP contribution in [0.2, 0.25) is 0 Å². The maximum absolute atomic E-state index is 11.6. The minimum atomic E-state index is -0.945. The number of hydrogen-bond acceptors (Lipinski definition) is 2. The molecule has 0 fully saturated rings. The summed E-state index contributed by atoms with van der Waals surface area (Å²) in [5.41, 5.74) is 1.81. The van der Waals surface area contributed by atoms with Gasteiger partial charge in [-0.2, -0.15) is 0 Å². The Kier molecular flexibility index (Phi) is 6.82. The molecule has 4 nitrogen and oxygen atoms in total. The Bertz CT molecular complexity index is 645. The number of aliphatic hydroxyl groups excluding tert-OH is 1. The average Bonchev–Trinajstić information content (AvgIpc) is 2.59. The van der Waals surface area contributed by atoms with Crippen LogP contribution in [0.1, 0.15) is 43.0 Å². The Labute approximate surface area is 150 Å². The van der Waals surface area contributed by atoms with Crippen LogP contribution >= 0.6 is 15.9 Å². The average molecular weight is 392 g/mol. The third kappa shape index (κ3) is 5.08. The second-order valence-electron chi connectivity index (χ2n) is 5.77. The molecular weight excluding hydrogens is 370 g/mol. The number of nitrogens with zero attached hydrogens (tertiary/aromatic N) is 1. The molecule has 0 saturated carbocycles. The zero-order valence-electron chi connectivity index (χ0n) is 13.6. The van der Waals surface area contributed by atoms with Crippen molar-refractivity contribution in [3.05, 3.63) is 70.2 Å². The number of amides is 1. The maximum atomic E-state index is 11.6. The lowest BCUT2D eigenvalue weighted by molar-refractivity contribution is 0.118. The topological polar surface area (TPSA) is 60.8 Å². The number of rotatable bonds is 7. The fraction of sp³-hybridized carbons (Fsp3) is 0.316. The molecule has 0 spiro atoms. The van der Waals surface area contributed by atoms with E-state index in [4.69, 9.17) is 0 Å². The van der Waals surface area contributed by atoms with Gasteiger partial charge in [-0.15, -0.1) is 0 Å². The van der Waals surface area contributed by atoms with E-state index in [0.29, 0.717) is 19.4 Å². The summed E-state index contributed by atoms with van der Waals surface area (Å²) < 4.78 is 0.964. The molecule has 0 bridgehead atoms. The van der Waals surface area contributed by atoms with Crippen molar-refractivity contribution in [3.8, 4) is 0 Å². The summed E-state index contributed by atoms with van der Waals surface area (Å²) in [5, 5.41) is 19.7. The summed E-state index contributed by atoms with van der Waals surface area (Å²) in [6, 6.07) is 16.9. The lowest BCUT2D eigenvalue weighted by atomic mass is 10.0. The Hall–Kier alpha value is -1.85. The Morgan fingerprint density at radius 2 is 1.71 bits per heavy atom. The van der Waals surface area contributed by atoms with E-state index in [9.17, 15) is 15.0 Å². The highest BCUT2D eigenvalue weighted by atomic mass is 79.9. The van der Waals surface area contributed by atoms with Crippen LogP contribution in [-0.4, -0.2) is 27.8 Å². The predicted molar refractivity (Wildman–Crippen MR) is 97.9 cm³/mol. The molecule has 0 saturated heterocycles. The van der Waals surface area contributed by atoms with Crippen LogP contribution in [0.15, 0.2) is 59.1 Å². The summed E-state index contributed by atoms with van der Waals surface area (Å²) >= 11 is 3.38. The fourth-order valence-electron chi connectivity index (χ4n) is 2.67. The van der Waals surface area contributed by atoms with Gasteiger partial charge in [0.1, 0.15) is 0 Å². The summed E-state index contributed by atoms with van der Waals surface area (Å²) in [7, 11) is 0. The molecule has 2 rings (SSSR count). The quantitative estimate of drug-likeness (QED) is 0.697. The molecule has 0 aliphatic rings. The van der Waals surface area contributed by atoms with Gasteiger partial charge in [-0.25, -0.2) is 4.79 Å². The lowest BCUT2D eigenvalue weighted by Gasteiger charge is -2.27. The first-order chi connectivity index (χ1) is 11.5. The van der Waals surface area contributed by atoms with Crippen LogP contribution in [0.3, 0.4) is 0 Å². The zero-order chi connectivity index (χ0) is 17.5. The van der Waals surface area contributed by atoms with Gasteiger partial charge >= 0.3 is 6.09 Å². The Morgan fingerprint density at radius 3 is 2.29 bits per heavy atom. The highest BCUT2D eigenvalue weighted by Gasteiger charge is 2.21. The smallest absolute Gasteiger partial charge is 0.407 e. The van der Waals surface area contributed by atoms with Gasteiger partial charge in [0.25, 0.3) is 0 Å². The van der Waals surface area contributed by atoms with E-state index in [0.717, 1.165) is 15.6 Å². The summed E-state index contributed by atoms with van der Waals surface area (Å²) in [5.74, 6) is 0. The van der Waals surface area contributed by atoms with Gasteiger partial charge in [0.2, 0.25) is 0 Å². The molecule has 5 heteroatoms. The summed E-state index contributed by atoms with van der Waals surface area (Å²) in [4.78, 5) is 13.0. The van der Waals surface area contributed by atoms with Crippen molar-refractivity contribution in [2.24, 2.45) is 0 Å². The van der Waals surface area contributed by atoms with Crippen molar-refractivity contribution in [3.63, 3.8) is 0 Å². The molecule has 128 valence electrons. The van der Waals surface area contributed by atoms with Gasteiger partial charge in [0, 0.05) is 11.0 Å². The van der Waals surface area contributed by atoms with Crippen LogP contribution in [0.5, 0.6) is 0 Å². The van der Waals surface area contributed by atoms with Crippen molar-refractivity contribution < 1.29 is 15.0 Å². The van der Waals surface area contributed by atoms with Gasteiger partial charge in [-0.3, -0.25) is 0 Å². The highest BCUT2D eigenvalue weighted by Crippen LogP contribution is 2.24. The van der Waals surface area contributed by atoms with E-state index in [1.807, 2.05) is 61.5 Å². The van der Waals surface area contributed by atoms with Gasteiger partial charge < -0.3 is 15.1 Å². The lowest BCUT2D eigenvalue weighted by Crippen LogP contribution is -2.33. The van der Waals surface area contributed by atoms with Gasteiger partial charge in [0.05, 0.1) is 12.1 Å². The van der Waals surface area contributed by atoms with Gasteiger partial charge in [0.15, 0.2) is 0 Å². The Morgan fingerprint density at radius 1 is 1.08 bits per heavy atom. The standard InChI is InChI=1S/C19H22BrNO3/c1-14(15-9-11-17(20)12-10-15)21(19(23)24)13-5-8-18(22)16-6-3-2-4-7-16/h2-4,6-7,9-12,14,18,22H,5,8,13H2,1H3,(H,23,24)/t14?,18-/m0/s1. The predicted octanol–water partition coefficient (Wildman–Crippen LogP) is 5.00. The number of aliphatic hydroxyl groups is 1. The number of hydrogen-bond donors (Lipinski definition) is 2. The number of carboxylic acid groups (broad SMARTS) is 1. The number of halogens is 1. The van der Waals surface area contributed by atoms with E-state index in [1.54, 1.807) is 0 Å². The first-order valence-electron chi connectivity index (χ1n) is 7.97. The molecule has 2 aromatic carbocycles. The van der Waals surface area contributed by atoms with Crippen molar-refractivity contribution in [2.45, 2.75) is 31.9 Å². The van der Waals surface area contributed by atoms with Crippen molar-refractivity contribution in [1.29, 1.82) is 0 Å². The first-order valence-corrected chi connectivity index (χ1v) is 8.76. The van der Waals surface area contributed by atoms with Crippen LogP contribution in [0.25, 0.3) is 0 Å². The molecule has 0 aliphatic carbocycles. The van der Waals surface area contributed by atoms with Crippen molar-refractivity contribution in [1.82, 2.24) is 4.90 Å². The van der Waals surface area contributed by atoms with Crippen LogP contribution < -0.4 is 0 Å². The van der Waals surface area contributed by atoms with Crippen molar-refractivity contribution >= 4 is 22.0 Å². The third-order valence-corrected chi connectivity index (χ3v) is 4.66. The largest absolute Gasteiger partial charge is 0.465 e. The van der Waals surface area contributed by atoms with E-state index in [-0.39, 0.29) is 6.04 Å². The van der Waals surface area contributed by atoms with Crippen LogP contribution in [0.4, 0.5) is 4.79 Å². The molecule has 0 aromatic heterocycles. The number of benzene rings is 2. The molecular formula is C19H22BrNO3. The molecule has 24 heavy (non-hydrogen) atoms. The molecule has 2 aromatic rings. The van der Waals surface area contributed by atoms with Gasteiger partial charge in [-0.1, -0.05) is 58.4 Å². The SMILES string of the molecule is CC(c1ccc(Br)cc1)N(CCC[C@H](O)c1ccccc1)C(=O)O. The second-order valence-corrected chi connectivity index (χ2v) is 6.69. The normalized spacial score (nSPS) is 13.3. The van der Waals surface area contributed by atoms with E-state index >= 15 is 0 Å². The minimum Gasteiger partial charge on any atom is -0.465 e. The molecule has 0 aliphatic heterocycles. The third-order valence-electron chi connectivity index (χ3n) is 4.13. The first kappa shape index (κ1) is 18.5. The minimum absolute atomic E-state index is 0.232. The monoisotopic (exact) mass is 391 g/mol. The fourth-order valence-corrected chi connectivity index (χ4v) is 2.94. The molecule has 2 N–H and O–H groups in total. The van der Waals surface area contributed by atoms with E-state index in [1.165, 1.54) is 4.90 Å². The number of carbonyl (C=O) groups is 1. The molecule has 0 radical (unpaired) electrons. The molecule has 0 heterocycles. The van der Waals surface area contributed by atoms with Gasteiger partial charge in [-0.05, 0) is 43.0 Å². The molecule has 1 unspecified atom stereocenters. The Balaban J connectivity index is 1.94. The molecule has 2 atom stereocenters. The summed E-state index contributed by atoms with van der Waals surface area (Å²) in [6.07, 6.45) is -0.381. The molecule has 1 amide bonds. The second kappa shape index (κ2) is 8.85. The zero-order valence-corrected chi connectivity index (χ0v) is 15.2.